The van der Waals surface area contributed by atoms with Crippen molar-refractivity contribution in [2.45, 2.75) is 13.3 Å². The zero-order valence-corrected chi connectivity index (χ0v) is 9.08. The van der Waals surface area contributed by atoms with Crippen LogP contribution in [0.4, 0.5) is 11.4 Å². The van der Waals surface area contributed by atoms with E-state index in [0.29, 0.717) is 12.3 Å². The first-order chi connectivity index (χ1) is 6.65. The molecule has 0 aromatic heterocycles. The molecule has 0 spiro atoms. The Morgan fingerprint density at radius 2 is 2.07 bits per heavy atom. The standard InChI is InChI=1S/C11H18N2O/c1-4-7-14-11-8-9(13(2)3)5-6-10(11)12/h5-6,8H,4,7,12H2,1-3H3. The molecule has 0 fully saturated rings. The molecule has 1 aromatic carbocycles. The maximum absolute atomic E-state index is 5.79. The normalized spacial score (nSPS) is 9.93. The number of nitrogen functional groups attached to an aromatic ring is 1. The largest absolute Gasteiger partial charge is 0.491 e. The highest BCUT2D eigenvalue weighted by Crippen LogP contribution is 2.26. The fourth-order valence-corrected chi connectivity index (χ4v) is 1.14. The molecule has 0 aliphatic rings. The summed E-state index contributed by atoms with van der Waals surface area (Å²) in [7, 11) is 3.99. The average Bonchev–Trinajstić information content (AvgIpc) is 2.16. The van der Waals surface area contributed by atoms with Crippen molar-refractivity contribution in [1.29, 1.82) is 0 Å². The van der Waals surface area contributed by atoms with E-state index >= 15 is 0 Å². The van der Waals surface area contributed by atoms with E-state index in [4.69, 9.17) is 10.5 Å². The summed E-state index contributed by atoms with van der Waals surface area (Å²) in [6.45, 7) is 2.78. The van der Waals surface area contributed by atoms with Gasteiger partial charge in [0.2, 0.25) is 0 Å². The van der Waals surface area contributed by atoms with Gasteiger partial charge in [0, 0.05) is 25.8 Å². The second kappa shape index (κ2) is 4.74. The number of anilines is 2. The van der Waals surface area contributed by atoms with Crippen LogP contribution in [-0.4, -0.2) is 20.7 Å². The predicted octanol–water partition coefficient (Wildman–Crippen LogP) is 2.12. The number of nitrogens with two attached hydrogens (primary N) is 1. The van der Waals surface area contributed by atoms with Crippen LogP contribution >= 0.6 is 0 Å². The fraction of sp³-hybridized carbons (Fsp3) is 0.455. The average molecular weight is 194 g/mol. The molecule has 14 heavy (non-hydrogen) atoms. The Morgan fingerprint density at radius 3 is 2.64 bits per heavy atom. The van der Waals surface area contributed by atoms with Gasteiger partial charge in [-0.15, -0.1) is 0 Å². The Morgan fingerprint density at radius 1 is 1.36 bits per heavy atom. The molecular formula is C11H18N2O. The molecule has 2 N–H and O–H groups in total. The minimum atomic E-state index is 0.698. The van der Waals surface area contributed by atoms with Crippen molar-refractivity contribution in [3.05, 3.63) is 18.2 Å². The Kier molecular flexibility index (Phi) is 3.63. The highest BCUT2D eigenvalue weighted by Gasteiger charge is 2.02. The summed E-state index contributed by atoms with van der Waals surface area (Å²) in [5, 5.41) is 0. The van der Waals surface area contributed by atoms with Crippen LogP contribution in [0.1, 0.15) is 13.3 Å². The summed E-state index contributed by atoms with van der Waals surface area (Å²) >= 11 is 0. The van der Waals surface area contributed by atoms with Gasteiger partial charge in [0.15, 0.2) is 0 Å². The van der Waals surface area contributed by atoms with Gasteiger partial charge >= 0.3 is 0 Å². The molecule has 0 unspecified atom stereocenters. The van der Waals surface area contributed by atoms with Gasteiger partial charge in [-0.3, -0.25) is 0 Å². The zero-order chi connectivity index (χ0) is 10.6. The van der Waals surface area contributed by atoms with Crippen LogP contribution in [-0.2, 0) is 0 Å². The molecule has 3 heteroatoms. The summed E-state index contributed by atoms with van der Waals surface area (Å²) in [6, 6.07) is 5.82. The molecular weight excluding hydrogens is 176 g/mol. The maximum Gasteiger partial charge on any atom is 0.144 e. The molecule has 0 radical (unpaired) electrons. The topological polar surface area (TPSA) is 38.5 Å². The van der Waals surface area contributed by atoms with Gasteiger partial charge in [-0.1, -0.05) is 6.92 Å². The van der Waals surface area contributed by atoms with Crippen molar-refractivity contribution in [3.8, 4) is 5.75 Å². The molecule has 78 valence electrons. The van der Waals surface area contributed by atoms with Crippen molar-refractivity contribution in [1.82, 2.24) is 0 Å². The molecule has 1 aromatic rings. The van der Waals surface area contributed by atoms with Crippen molar-refractivity contribution >= 4 is 11.4 Å². The molecule has 1 rings (SSSR count). The van der Waals surface area contributed by atoms with E-state index in [1.165, 1.54) is 0 Å². The predicted molar refractivity (Wildman–Crippen MR) is 61.0 cm³/mol. The van der Waals surface area contributed by atoms with Crippen LogP contribution in [0.5, 0.6) is 5.75 Å². The number of hydrogen-bond acceptors (Lipinski definition) is 3. The number of rotatable bonds is 4. The third-order valence-corrected chi connectivity index (χ3v) is 1.98. The number of nitrogens with zero attached hydrogens (tertiary/aromatic N) is 1. The first-order valence-corrected chi connectivity index (χ1v) is 4.84. The van der Waals surface area contributed by atoms with Crippen molar-refractivity contribution in [2.24, 2.45) is 0 Å². The monoisotopic (exact) mass is 194 g/mol. The Balaban J connectivity index is 2.85. The lowest BCUT2D eigenvalue weighted by atomic mass is 10.2. The SMILES string of the molecule is CCCOc1cc(N(C)C)ccc1N. The van der Waals surface area contributed by atoms with Crippen molar-refractivity contribution < 1.29 is 4.74 Å². The minimum Gasteiger partial charge on any atom is -0.491 e. The number of hydrogen-bond donors (Lipinski definition) is 1. The summed E-state index contributed by atoms with van der Waals surface area (Å²) in [4.78, 5) is 2.03. The number of ether oxygens (including phenoxy) is 1. The van der Waals surface area contributed by atoms with Gasteiger partial charge < -0.3 is 15.4 Å². The van der Waals surface area contributed by atoms with Gasteiger partial charge in [-0.25, -0.2) is 0 Å². The Labute approximate surface area is 85.5 Å². The fourth-order valence-electron chi connectivity index (χ4n) is 1.14. The molecule has 0 aliphatic heterocycles. The van der Waals surface area contributed by atoms with Crippen LogP contribution in [0.3, 0.4) is 0 Å². The van der Waals surface area contributed by atoms with Crippen LogP contribution in [0.25, 0.3) is 0 Å². The van der Waals surface area contributed by atoms with Gasteiger partial charge in [0.05, 0.1) is 12.3 Å². The van der Waals surface area contributed by atoms with Gasteiger partial charge in [0.25, 0.3) is 0 Å². The van der Waals surface area contributed by atoms with E-state index < -0.39 is 0 Å². The van der Waals surface area contributed by atoms with E-state index in [2.05, 4.69) is 6.92 Å². The summed E-state index contributed by atoms with van der Waals surface area (Å²) in [6.07, 6.45) is 0.992. The smallest absolute Gasteiger partial charge is 0.144 e. The lowest BCUT2D eigenvalue weighted by molar-refractivity contribution is 0.319. The molecule has 0 heterocycles. The van der Waals surface area contributed by atoms with Crippen LogP contribution in [0.15, 0.2) is 18.2 Å². The maximum atomic E-state index is 5.79. The number of benzene rings is 1. The first-order valence-electron chi connectivity index (χ1n) is 4.84. The highest BCUT2D eigenvalue weighted by molar-refractivity contribution is 5.61. The molecule has 0 bridgehead atoms. The second-order valence-electron chi connectivity index (χ2n) is 3.47. The van der Waals surface area contributed by atoms with E-state index in [9.17, 15) is 0 Å². The Bertz CT molecular complexity index is 297. The van der Waals surface area contributed by atoms with Crippen molar-refractivity contribution in [2.75, 3.05) is 31.3 Å². The molecule has 0 saturated heterocycles. The Hall–Kier alpha value is -1.38. The van der Waals surface area contributed by atoms with Gasteiger partial charge in [-0.05, 0) is 18.6 Å². The summed E-state index contributed by atoms with van der Waals surface area (Å²) in [5.41, 5.74) is 7.59. The summed E-state index contributed by atoms with van der Waals surface area (Å²) < 4.78 is 5.53. The van der Waals surface area contributed by atoms with Crippen LogP contribution in [0.2, 0.25) is 0 Å². The first kappa shape index (κ1) is 10.7. The molecule has 0 atom stereocenters. The third-order valence-electron chi connectivity index (χ3n) is 1.98. The van der Waals surface area contributed by atoms with E-state index in [-0.39, 0.29) is 0 Å². The second-order valence-corrected chi connectivity index (χ2v) is 3.47. The molecule has 0 aliphatic carbocycles. The molecule has 0 saturated carbocycles. The van der Waals surface area contributed by atoms with Crippen LogP contribution < -0.4 is 15.4 Å². The van der Waals surface area contributed by atoms with Crippen LogP contribution in [0, 0.1) is 0 Å². The van der Waals surface area contributed by atoms with E-state index in [0.717, 1.165) is 17.9 Å². The highest BCUT2D eigenvalue weighted by atomic mass is 16.5. The lowest BCUT2D eigenvalue weighted by Gasteiger charge is -2.15. The molecule has 3 nitrogen and oxygen atoms in total. The quantitative estimate of drug-likeness (QED) is 0.746. The minimum absolute atomic E-state index is 0.698. The zero-order valence-electron chi connectivity index (χ0n) is 9.08. The third kappa shape index (κ3) is 2.55. The van der Waals surface area contributed by atoms with E-state index in [1.807, 2.05) is 37.2 Å². The summed E-state index contributed by atoms with van der Waals surface area (Å²) in [5.74, 6) is 0.776. The van der Waals surface area contributed by atoms with E-state index in [1.54, 1.807) is 0 Å². The lowest BCUT2D eigenvalue weighted by Crippen LogP contribution is -2.09. The molecule has 0 amide bonds. The van der Waals surface area contributed by atoms with Crippen molar-refractivity contribution in [3.63, 3.8) is 0 Å². The van der Waals surface area contributed by atoms with Gasteiger partial charge in [-0.2, -0.15) is 0 Å². The van der Waals surface area contributed by atoms with Gasteiger partial charge in [0.1, 0.15) is 5.75 Å².